The molecule has 0 radical (unpaired) electrons. The first kappa shape index (κ1) is 21.0. The molecule has 2 aromatic carbocycles. The minimum Gasteiger partial charge on any atom is -0.497 e. The number of urea groups is 1. The molecule has 0 unspecified atom stereocenters. The molecule has 2 heterocycles. The molecule has 0 saturated carbocycles. The average molecular weight is 443 g/mol. The van der Waals surface area contributed by atoms with Gasteiger partial charge in [0.05, 0.1) is 21.3 Å². The van der Waals surface area contributed by atoms with E-state index in [4.69, 9.17) is 19.2 Å². The fraction of sp³-hybridized carbons (Fsp3) is 0.364. The summed E-state index contributed by atoms with van der Waals surface area (Å²) in [5, 5.41) is 3.91. The highest BCUT2D eigenvalue weighted by molar-refractivity contribution is 7.22. The standard InChI is InChI=1S/C22H26N4O4S/c1-28-16-6-4-15(5-7-16)14-23-21(27)25-10-12-26(13-11-25)22-24-19-17(29-2)8-9-18(30-3)20(19)31-22/h4-9H,10-14H2,1-3H3,(H,23,27). The molecular formula is C22H26N4O4S. The molecule has 2 amide bonds. The van der Waals surface area contributed by atoms with Crippen molar-refractivity contribution in [2.24, 2.45) is 0 Å². The Balaban J connectivity index is 1.36. The maximum atomic E-state index is 12.6. The molecule has 9 heteroatoms. The summed E-state index contributed by atoms with van der Waals surface area (Å²) in [6.07, 6.45) is 0. The molecule has 1 fully saturated rings. The highest BCUT2D eigenvalue weighted by atomic mass is 32.1. The summed E-state index contributed by atoms with van der Waals surface area (Å²) < 4.78 is 17.1. The van der Waals surface area contributed by atoms with Crippen molar-refractivity contribution in [1.29, 1.82) is 0 Å². The van der Waals surface area contributed by atoms with E-state index in [0.29, 0.717) is 19.6 Å². The first-order chi connectivity index (χ1) is 15.1. The minimum atomic E-state index is -0.0527. The van der Waals surface area contributed by atoms with Crippen molar-refractivity contribution < 1.29 is 19.0 Å². The van der Waals surface area contributed by atoms with Crippen molar-refractivity contribution in [1.82, 2.24) is 15.2 Å². The molecule has 1 aliphatic heterocycles. The van der Waals surface area contributed by atoms with Gasteiger partial charge in [-0.15, -0.1) is 0 Å². The van der Waals surface area contributed by atoms with Crippen LogP contribution >= 0.6 is 11.3 Å². The number of nitrogens with one attached hydrogen (secondary N) is 1. The van der Waals surface area contributed by atoms with Crippen LogP contribution in [0.4, 0.5) is 9.93 Å². The summed E-state index contributed by atoms with van der Waals surface area (Å²) in [7, 11) is 4.94. The van der Waals surface area contributed by atoms with Gasteiger partial charge in [-0.05, 0) is 29.8 Å². The fourth-order valence-corrected chi connectivity index (χ4v) is 4.67. The second-order valence-electron chi connectivity index (χ2n) is 7.13. The van der Waals surface area contributed by atoms with Crippen LogP contribution in [0.5, 0.6) is 17.2 Å². The maximum Gasteiger partial charge on any atom is 0.317 e. The first-order valence-electron chi connectivity index (χ1n) is 10.0. The van der Waals surface area contributed by atoms with Gasteiger partial charge >= 0.3 is 6.03 Å². The van der Waals surface area contributed by atoms with Crippen LogP contribution in [-0.4, -0.2) is 63.4 Å². The fourth-order valence-electron chi connectivity index (χ4n) is 3.54. The van der Waals surface area contributed by atoms with E-state index in [2.05, 4.69) is 10.2 Å². The number of amides is 2. The lowest BCUT2D eigenvalue weighted by molar-refractivity contribution is 0.194. The lowest BCUT2D eigenvalue weighted by Gasteiger charge is -2.34. The second kappa shape index (κ2) is 9.30. The van der Waals surface area contributed by atoms with Crippen molar-refractivity contribution >= 4 is 32.7 Å². The van der Waals surface area contributed by atoms with Crippen molar-refractivity contribution in [3.05, 3.63) is 42.0 Å². The number of rotatable bonds is 6. The van der Waals surface area contributed by atoms with E-state index in [0.717, 1.165) is 51.2 Å². The highest BCUT2D eigenvalue weighted by Crippen LogP contribution is 2.40. The smallest absolute Gasteiger partial charge is 0.317 e. The van der Waals surface area contributed by atoms with Crippen molar-refractivity contribution in [3.8, 4) is 17.2 Å². The molecule has 8 nitrogen and oxygen atoms in total. The van der Waals surface area contributed by atoms with Gasteiger partial charge in [0.2, 0.25) is 0 Å². The van der Waals surface area contributed by atoms with E-state index >= 15 is 0 Å². The first-order valence-corrected chi connectivity index (χ1v) is 10.9. The van der Waals surface area contributed by atoms with Crippen LogP contribution in [0.25, 0.3) is 10.2 Å². The van der Waals surface area contributed by atoms with E-state index in [9.17, 15) is 4.79 Å². The van der Waals surface area contributed by atoms with Gasteiger partial charge < -0.3 is 29.3 Å². The molecule has 0 aliphatic carbocycles. The third kappa shape index (κ3) is 4.46. The number of ether oxygens (including phenoxy) is 3. The van der Waals surface area contributed by atoms with Crippen LogP contribution in [0.1, 0.15) is 5.56 Å². The molecule has 4 rings (SSSR count). The summed E-state index contributed by atoms with van der Waals surface area (Å²) in [6.45, 7) is 3.21. The van der Waals surface area contributed by atoms with Gasteiger partial charge in [-0.25, -0.2) is 9.78 Å². The van der Waals surface area contributed by atoms with Crippen LogP contribution in [0.2, 0.25) is 0 Å². The Hall–Kier alpha value is -3.20. The van der Waals surface area contributed by atoms with E-state index in [1.54, 1.807) is 32.7 Å². The van der Waals surface area contributed by atoms with Crippen molar-refractivity contribution in [2.45, 2.75) is 6.54 Å². The Labute approximate surface area is 185 Å². The van der Waals surface area contributed by atoms with Crippen molar-refractivity contribution in [3.63, 3.8) is 0 Å². The molecular weight excluding hydrogens is 416 g/mol. The van der Waals surface area contributed by atoms with Crippen LogP contribution in [0.3, 0.4) is 0 Å². The number of hydrogen-bond donors (Lipinski definition) is 1. The van der Waals surface area contributed by atoms with E-state index in [1.165, 1.54) is 0 Å². The van der Waals surface area contributed by atoms with E-state index in [1.807, 2.05) is 41.3 Å². The zero-order valence-electron chi connectivity index (χ0n) is 17.9. The number of benzene rings is 2. The van der Waals surface area contributed by atoms with E-state index in [-0.39, 0.29) is 6.03 Å². The maximum absolute atomic E-state index is 12.6. The van der Waals surface area contributed by atoms with Gasteiger partial charge in [0, 0.05) is 32.7 Å². The van der Waals surface area contributed by atoms with Gasteiger partial charge in [0.1, 0.15) is 27.5 Å². The number of methoxy groups -OCH3 is 3. The molecule has 0 bridgehead atoms. The Morgan fingerprint density at radius 1 is 0.968 bits per heavy atom. The highest BCUT2D eigenvalue weighted by Gasteiger charge is 2.24. The number of hydrogen-bond acceptors (Lipinski definition) is 7. The van der Waals surface area contributed by atoms with Gasteiger partial charge in [0.25, 0.3) is 0 Å². The number of nitrogens with zero attached hydrogens (tertiary/aromatic N) is 3. The number of carbonyl (C=O) groups is 1. The Bertz CT molecular complexity index is 1000. The van der Waals surface area contributed by atoms with Gasteiger partial charge in [0.15, 0.2) is 5.13 Å². The van der Waals surface area contributed by atoms with Crippen LogP contribution in [0, 0.1) is 0 Å². The summed E-state index contributed by atoms with van der Waals surface area (Å²) in [4.78, 5) is 21.4. The molecule has 0 atom stereocenters. The zero-order valence-corrected chi connectivity index (χ0v) is 18.7. The summed E-state index contributed by atoms with van der Waals surface area (Å²) >= 11 is 1.59. The number of anilines is 1. The number of fused-ring (bicyclic) bond motifs is 1. The predicted molar refractivity (Wildman–Crippen MR) is 122 cm³/mol. The molecule has 1 N–H and O–H groups in total. The third-order valence-corrected chi connectivity index (χ3v) is 6.47. The quantitative estimate of drug-likeness (QED) is 0.631. The molecule has 1 aromatic heterocycles. The number of thiazole rings is 1. The molecule has 31 heavy (non-hydrogen) atoms. The van der Waals surface area contributed by atoms with Gasteiger partial charge in [-0.1, -0.05) is 23.5 Å². The Kier molecular flexibility index (Phi) is 6.31. The van der Waals surface area contributed by atoms with Crippen LogP contribution in [0.15, 0.2) is 36.4 Å². The Morgan fingerprint density at radius 3 is 2.29 bits per heavy atom. The Morgan fingerprint density at radius 2 is 1.65 bits per heavy atom. The van der Waals surface area contributed by atoms with Crippen LogP contribution in [-0.2, 0) is 6.54 Å². The average Bonchev–Trinajstić information content (AvgIpc) is 3.28. The number of aromatic nitrogens is 1. The monoisotopic (exact) mass is 442 g/mol. The number of carbonyl (C=O) groups excluding carboxylic acids is 1. The SMILES string of the molecule is COc1ccc(CNC(=O)N2CCN(c3nc4c(OC)ccc(OC)c4s3)CC2)cc1. The predicted octanol–water partition coefficient (Wildman–Crippen LogP) is 3.35. The summed E-state index contributed by atoms with van der Waals surface area (Å²) in [5.74, 6) is 2.32. The topological polar surface area (TPSA) is 76.2 Å². The molecule has 3 aromatic rings. The molecule has 164 valence electrons. The molecule has 1 saturated heterocycles. The minimum absolute atomic E-state index is 0.0527. The zero-order chi connectivity index (χ0) is 21.8. The lowest BCUT2D eigenvalue weighted by Crippen LogP contribution is -2.51. The summed E-state index contributed by atoms with van der Waals surface area (Å²) in [6, 6.07) is 11.4. The second-order valence-corrected chi connectivity index (χ2v) is 8.10. The normalized spacial score (nSPS) is 13.9. The van der Waals surface area contributed by atoms with Gasteiger partial charge in [-0.2, -0.15) is 0 Å². The summed E-state index contributed by atoms with van der Waals surface area (Å²) in [5.41, 5.74) is 1.84. The molecule has 1 aliphatic rings. The molecule has 0 spiro atoms. The number of piperazine rings is 1. The van der Waals surface area contributed by atoms with Gasteiger partial charge in [-0.3, -0.25) is 0 Å². The largest absolute Gasteiger partial charge is 0.497 e. The van der Waals surface area contributed by atoms with Crippen LogP contribution < -0.4 is 24.4 Å². The van der Waals surface area contributed by atoms with E-state index < -0.39 is 0 Å². The lowest BCUT2D eigenvalue weighted by atomic mass is 10.2. The third-order valence-electron chi connectivity index (χ3n) is 5.34. The van der Waals surface area contributed by atoms with Crippen molar-refractivity contribution in [2.75, 3.05) is 52.4 Å².